The second-order valence-electron chi connectivity index (χ2n) is 10.3. The smallest absolute Gasteiger partial charge is 0.0701 e. The SMILES string of the molecule is c1ccc(-c2cc(-c3ccc(-c4ccccn4)cc3)c(-c3ccccc3)c3c2-c2cccc4cccc-3c24)cc1. The van der Waals surface area contributed by atoms with E-state index in [2.05, 4.69) is 138 Å². The van der Waals surface area contributed by atoms with Crippen LogP contribution in [0.25, 0.3) is 77.7 Å². The Balaban J connectivity index is 1.48. The van der Waals surface area contributed by atoms with Crippen LogP contribution >= 0.6 is 0 Å². The zero-order chi connectivity index (χ0) is 26.5. The Morgan fingerprint density at radius 2 is 0.925 bits per heavy atom. The third kappa shape index (κ3) is 3.52. The third-order valence-corrected chi connectivity index (χ3v) is 8.07. The first kappa shape index (κ1) is 22.7. The van der Waals surface area contributed by atoms with Gasteiger partial charge in [-0.1, -0.05) is 127 Å². The van der Waals surface area contributed by atoms with Crippen molar-refractivity contribution in [2.45, 2.75) is 0 Å². The summed E-state index contributed by atoms with van der Waals surface area (Å²) in [5.74, 6) is 0. The molecular weight excluding hydrogens is 482 g/mol. The summed E-state index contributed by atoms with van der Waals surface area (Å²) in [6.45, 7) is 0. The molecule has 1 aliphatic rings. The van der Waals surface area contributed by atoms with Crippen molar-refractivity contribution in [1.29, 1.82) is 0 Å². The number of hydrogen-bond acceptors (Lipinski definition) is 1. The van der Waals surface area contributed by atoms with Crippen LogP contribution in [0.4, 0.5) is 0 Å². The Kier molecular flexibility index (Phi) is 5.21. The predicted molar refractivity (Wildman–Crippen MR) is 168 cm³/mol. The van der Waals surface area contributed by atoms with Crippen LogP contribution in [0, 0.1) is 0 Å². The average molecular weight is 508 g/mol. The van der Waals surface area contributed by atoms with Gasteiger partial charge in [-0.25, -0.2) is 0 Å². The molecular formula is C39H25N. The van der Waals surface area contributed by atoms with Crippen LogP contribution in [-0.2, 0) is 0 Å². The zero-order valence-corrected chi connectivity index (χ0v) is 21.9. The summed E-state index contributed by atoms with van der Waals surface area (Å²) in [6, 6.07) is 52.5. The van der Waals surface area contributed by atoms with E-state index in [0.29, 0.717) is 0 Å². The first-order valence-electron chi connectivity index (χ1n) is 13.7. The van der Waals surface area contributed by atoms with E-state index in [1.165, 1.54) is 66.4 Å². The number of hydrogen-bond donors (Lipinski definition) is 0. The maximum Gasteiger partial charge on any atom is 0.0701 e. The van der Waals surface area contributed by atoms with Gasteiger partial charge in [0.15, 0.2) is 0 Å². The Labute approximate surface area is 234 Å². The molecule has 1 heterocycles. The highest BCUT2D eigenvalue weighted by atomic mass is 14.7. The lowest BCUT2D eigenvalue weighted by molar-refractivity contribution is 1.33. The van der Waals surface area contributed by atoms with E-state index in [1.54, 1.807) is 0 Å². The highest BCUT2D eigenvalue weighted by Gasteiger charge is 2.29. The van der Waals surface area contributed by atoms with Gasteiger partial charge in [-0.2, -0.15) is 0 Å². The molecule has 0 fully saturated rings. The normalized spacial score (nSPS) is 11.5. The van der Waals surface area contributed by atoms with Gasteiger partial charge in [0.2, 0.25) is 0 Å². The first-order chi connectivity index (χ1) is 19.9. The number of nitrogens with zero attached hydrogens (tertiary/aromatic N) is 1. The number of aromatic nitrogens is 1. The number of benzene rings is 6. The minimum Gasteiger partial charge on any atom is -0.256 e. The molecule has 1 aromatic heterocycles. The molecule has 1 aliphatic carbocycles. The van der Waals surface area contributed by atoms with Crippen LogP contribution in [0.15, 0.2) is 152 Å². The van der Waals surface area contributed by atoms with E-state index in [4.69, 9.17) is 0 Å². The summed E-state index contributed by atoms with van der Waals surface area (Å²) in [5, 5.41) is 2.63. The van der Waals surface area contributed by atoms with Crippen molar-refractivity contribution in [2.75, 3.05) is 0 Å². The lowest BCUT2D eigenvalue weighted by Gasteiger charge is -2.21. The minimum atomic E-state index is 0.985. The van der Waals surface area contributed by atoms with E-state index < -0.39 is 0 Å². The summed E-state index contributed by atoms with van der Waals surface area (Å²) in [5.41, 5.74) is 14.8. The van der Waals surface area contributed by atoms with Gasteiger partial charge < -0.3 is 0 Å². The van der Waals surface area contributed by atoms with Crippen molar-refractivity contribution in [3.8, 4) is 66.9 Å². The zero-order valence-electron chi connectivity index (χ0n) is 21.9. The molecule has 0 bridgehead atoms. The second kappa shape index (κ2) is 9.18. The van der Waals surface area contributed by atoms with E-state index in [1.807, 2.05) is 18.3 Å². The van der Waals surface area contributed by atoms with E-state index in [9.17, 15) is 0 Å². The van der Waals surface area contributed by atoms with E-state index in [0.717, 1.165) is 11.3 Å². The molecule has 0 amide bonds. The van der Waals surface area contributed by atoms with Crippen LogP contribution in [0.1, 0.15) is 0 Å². The van der Waals surface area contributed by atoms with Crippen LogP contribution in [-0.4, -0.2) is 4.98 Å². The fourth-order valence-corrected chi connectivity index (χ4v) is 6.32. The fourth-order valence-electron chi connectivity index (χ4n) is 6.32. The summed E-state index contributed by atoms with van der Waals surface area (Å²) < 4.78 is 0. The van der Waals surface area contributed by atoms with E-state index in [-0.39, 0.29) is 0 Å². The summed E-state index contributed by atoms with van der Waals surface area (Å²) in [6.07, 6.45) is 1.85. The molecule has 0 aliphatic heterocycles. The molecule has 0 radical (unpaired) electrons. The van der Waals surface area contributed by atoms with Crippen molar-refractivity contribution in [1.82, 2.24) is 4.98 Å². The van der Waals surface area contributed by atoms with Crippen molar-refractivity contribution in [3.63, 3.8) is 0 Å². The topological polar surface area (TPSA) is 12.9 Å². The molecule has 40 heavy (non-hydrogen) atoms. The number of pyridine rings is 1. The van der Waals surface area contributed by atoms with Crippen LogP contribution in [0.3, 0.4) is 0 Å². The first-order valence-corrected chi connectivity index (χ1v) is 13.7. The molecule has 7 aromatic rings. The van der Waals surface area contributed by atoms with Crippen molar-refractivity contribution in [2.24, 2.45) is 0 Å². The molecule has 0 saturated heterocycles. The Hall–Kier alpha value is -5.27. The quantitative estimate of drug-likeness (QED) is 0.231. The maximum atomic E-state index is 4.56. The van der Waals surface area contributed by atoms with Gasteiger partial charge in [-0.15, -0.1) is 0 Å². The highest BCUT2D eigenvalue weighted by Crippen LogP contribution is 2.57. The minimum absolute atomic E-state index is 0.985. The fraction of sp³-hybridized carbons (Fsp3) is 0. The standard InChI is InChI=1S/C39H25N/c1-3-11-26(12-4-1)34-25-33(27-20-22-28(23-21-27)35-19-7-8-24-40-35)37(30-13-5-2-6-14-30)39-32-18-10-16-29-15-9-17-31(36(29)32)38(34)39/h1-25H. The second-order valence-corrected chi connectivity index (χ2v) is 10.3. The maximum absolute atomic E-state index is 4.56. The van der Waals surface area contributed by atoms with Gasteiger partial charge in [0.05, 0.1) is 5.69 Å². The van der Waals surface area contributed by atoms with Gasteiger partial charge in [0.25, 0.3) is 0 Å². The number of rotatable bonds is 4. The molecule has 0 saturated carbocycles. The lowest BCUT2D eigenvalue weighted by Crippen LogP contribution is -1.94. The van der Waals surface area contributed by atoms with Gasteiger partial charge in [0.1, 0.15) is 0 Å². The monoisotopic (exact) mass is 507 g/mol. The molecule has 1 nitrogen and oxygen atoms in total. The summed E-state index contributed by atoms with van der Waals surface area (Å²) >= 11 is 0. The lowest BCUT2D eigenvalue weighted by atomic mass is 9.82. The summed E-state index contributed by atoms with van der Waals surface area (Å²) in [4.78, 5) is 4.56. The van der Waals surface area contributed by atoms with Gasteiger partial charge in [-0.05, 0) is 84.6 Å². The van der Waals surface area contributed by atoms with Crippen molar-refractivity contribution in [3.05, 3.63) is 152 Å². The van der Waals surface area contributed by atoms with Crippen molar-refractivity contribution >= 4 is 10.8 Å². The third-order valence-electron chi connectivity index (χ3n) is 8.07. The Bertz CT molecular complexity index is 2000. The molecule has 6 aromatic carbocycles. The highest BCUT2D eigenvalue weighted by molar-refractivity contribution is 6.22. The number of fused-ring (bicyclic) bond motifs is 3. The molecule has 0 spiro atoms. The van der Waals surface area contributed by atoms with Crippen LogP contribution in [0.2, 0.25) is 0 Å². The Morgan fingerprint density at radius 3 is 1.60 bits per heavy atom. The predicted octanol–water partition coefficient (Wildman–Crippen LogP) is 10.6. The van der Waals surface area contributed by atoms with Crippen LogP contribution in [0.5, 0.6) is 0 Å². The van der Waals surface area contributed by atoms with Gasteiger partial charge in [-0.3, -0.25) is 4.98 Å². The van der Waals surface area contributed by atoms with E-state index >= 15 is 0 Å². The molecule has 186 valence electrons. The summed E-state index contributed by atoms with van der Waals surface area (Å²) in [7, 11) is 0. The Morgan fingerprint density at radius 1 is 0.350 bits per heavy atom. The van der Waals surface area contributed by atoms with Crippen LogP contribution < -0.4 is 0 Å². The molecule has 0 N–H and O–H groups in total. The van der Waals surface area contributed by atoms with Gasteiger partial charge >= 0.3 is 0 Å². The molecule has 0 unspecified atom stereocenters. The molecule has 1 heteroatoms. The average Bonchev–Trinajstić information content (AvgIpc) is 3.38. The molecule has 8 rings (SSSR count). The van der Waals surface area contributed by atoms with Gasteiger partial charge in [0, 0.05) is 11.8 Å². The molecule has 0 atom stereocenters. The largest absolute Gasteiger partial charge is 0.256 e. The van der Waals surface area contributed by atoms with Crippen molar-refractivity contribution < 1.29 is 0 Å².